The van der Waals surface area contributed by atoms with E-state index in [2.05, 4.69) is 25.8 Å². The Hall–Kier alpha value is -2.54. The molecule has 20 heavy (non-hydrogen) atoms. The van der Waals surface area contributed by atoms with Gasteiger partial charge in [0, 0.05) is 35.9 Å². The maximum absolute atomic E-state index is 12.1. The number of hydrogen-bond donors (Lipinski definition) is 2. The van der Waals surface area contributed by atoms with Crippen LogP contribution in [0.2, 0.25) is 0 Å². The number of benzene rings is 1. The highest BCUT2D eigenvalue weighted by Gasteiger charge is 2.13. The van der Waals surface area contributed by atoms with Gasteiger partial charge in [-0.1, -0.05) is 23.5 Å². The molecule has 1 amide bonds. The van der Waals surface area contributed by atoms with Crippen LogP contribution in [0.5, 0.6) is 0 Å². The molecular formula is C13H11N5OS. The van der Waals surface area contributed by atoms with E-state index in [1.807, 2.05) is 24.3 Å². The van der Waals surface area contributed by atoms with Gasteiger partial charge in [-0.2, -0.15) is 0 Å². The van der Waals surface area contributed by atoms with Crippen LogP contribution in [0.1, 0.15) is 9.80 Å². The summed E-state index contributed by atoms with van der Waals surface area (Å²) in [6.45, 7) is 0. The van der Waals surface area contributed by atoms with E-state index in [9.17, 15) is 4.79 Å². The van der Waals surface area contributed by atoms with Crippen molar-refractivity contribution in [3.05, 3.63) is 41.7 Å². The van der Waals surface area contributed by atoms with Gasteiger partial charge in [-0.3, -0.25) is 9.78 Å². The Morgan fingerprint density at radius 3 is 2.95 bits per heavy atom. The van der Waals surface area contributed by atoms with E-state index in [0.717, 1.165) is 16.5 Å². The maximum atomic E-state index is 12.1. The molecule has 0 saturated heterocycles. The van der Waals surface area contributed by atoms with Crippen LogP contribution in [0, 0.1) is 0 Å². The third-order valence-corrected chi connectivity index (χ3v) is 3.70. The summed E-state index contributed by atoms with van der Waals surface area (Å²) in [6.07, 6.45) is 3.46. The Labute approximate surface area is 118 Å². The monoisotopic (exact) mass is 285 g/mol. The van der Waals surface area contributed by atoms with Gasteiger partial charge < -0.3 is 10.6 Å². The fourth-order valence-electron chi connectivity index (χ4n) is 1.82. The number of amides is 1. The highest BCUT2D eigenvalue weighted by molar-refractivity contribution is 7.17. The maximum Gasteiger partial charge on any atom is 0.286 e. The normalized spacial score (nSPS) is 10.4. The minimum absolute atomic E-state index is 0.270. The van der Waals surface area contributed by atoms with Crippen molar-refractivity contribution in [3.8, 4) is 0 Å². The second-order valence-electron chi connectivity index (χ2n) is 4.02. The van der Waals surface area contributed by atoms with Crippen LogP contribution in [0.4, 0.5) is 10.8 Å². The third kappa shape index (κ3) is 2.30. The molecule has 0 bridgehead atoms. The summed E-state index contributed by atoms with van der Waals surface area (Å²) < 4.78 is 0. The van der Waals surface area contributed by atoms with E-state index in [1.165, 1.54) is 11.3 Å². The number of carbonyl (C=O) groups is 1. The number of pyridine rings is 1. The lowest BCUT2D eigenvalue weighted by molar-refractivity contribution is 0.102. The molecule has 0 aliphatic heterocycles. The Morgan fingerprint density at radius 2 is 2.15 bits per heavy atom. The standard InChI is InChI=1S/C13H11N5OS/c1-14-13-18-17-12(20-13)11(19)16-10-4-2-3-8-7-15-6-5-9(8)10/h2-7H,1H3,(H,14,18)(H,16,19). The van der Waals surface area contributed by atoms with Gasteiger partial charge in [-0.15, -0.1) is 10.2 Å². The van der Waals surface area contributed by atoms with Crippen LogP contribution in [0.15, 0.2) is 36.7 Å². The molecule has 6 nitrogen and oxygen atoms in total. The molecular weight excluding hydrogens is 274 g/mol. The van der Waals surface area contributed by atoms with E-state index in [0.29, 0.717) is 10.1 Å². The molecule has 0 unspecified atom stereocenters. The van der Waals surface area contributed by atoms with E-state index in [1.54, 1.807) is 19.4 Å². The third-order valence-electron chi connectivity index (χ3n) is 2.76. The van der Waals surface area contributed by atoms with Crippen molar-refractivity contribution in [1.29, 1.82) is 0 Å². The zero-order valence-electron chi connectivity index (χ0n) is 10.6. The van der Waals surface area contributed by atoms with Gasteiger partial charge in [-0.05, 0) is 12.1 Å². The number of anilines is 2. The van der Waals surface area contributed by atoms with Crippen LogP contribution in [0.3, 0.4) is 0 Å². The molecule has 0 aliphatic carbocycles. The van der Waals surface area contributed by atoms with Crippen molar-refractivity contribution in [3.63, 3.8) is 0 Å². The second-order valence-corrected chi connectivity index (χ2v) is 5.00. The van der Waals surface area contributed by atoms with Gasteiger partial charge >= 0.3 is 0 Å². The number of fused-ring (bicyclic) bond motifs is 1. The summed E-state index contributed by atoms with van der Waals surface area (Å²) >= 11 is 1.21. The van der Waals surface area contributed by atoms with Crippen molar-refractivity contribution in [1.82, 2.24) is 15.2 Å². The molecule has 0 aliphatic rings. The first-order chi connectivity index (χ1) is 9.78. The van der Waals surface area contributed by atoms with E-state index >= 15 is 0 Å². The molecule has 0 spiro atoms. The topological polar surface area (TPSA) is 79.8 Å². The molecule has 3 aromatic rings. The van der Waals surface area contributed by atoms with Crippen LogP contribution in [0.25, 0.3) is 10.8 Å². The van der Waals surface area contributed by atoms with Crippen molar-refractivity contribution < 1.29 is 4.79 Å². The molecule has 7 heteroatoms. The highest BCUT2D eigenvalue weighted by atomic mass is 32.1. The minimum Gasteiger partial charge on any atom is -0.363 e. The van der Waals surface area contributed by atoms with Crippen LogP contribution in [-0.2, 0) is 0 Å². The zero-order valence-corrected chi connectivity index (χ0v) is 11.4. The minimum atomic E-state index is -0.270. The van der Waals surface area contributed by atoms with E-state index in [4.69, 9.17) is 0 Å². The summed E-state index contributed by atoms with van der Waals surface area (Å²) in [6, 6.07) is 7.53. The lowest BCUT2D eigenvalue weighted by atomic mass is 10.1. The van der Waals surface area contributed by atoms with Crippen LogP contribution < -0.4 is 10.6 Å². The predicted molar refractivity (Wildman–Crippen MR) is 79.2 cm³/mol. The molecule has 2 N–H and O–H groups in total. The average molecular weight is 285 g/mol. The molecule has 0 fully saturated rings. The van der Waals surface area contributed by atoms with Crippen molar-refractivity contribution in [2.24, 2.45) is 0 Å². The van der Waals surface area contributed by atoms with E-state index in [-0.39, 0.29) is 5.91 Å². The van der Waals surface area contributed by atoms with Gasteiger partial charge in [-0.25, -0.2) is 0 Å². The van der Waals surface area contributed by atoms with E-state index < -0.39 is 0 Å². The molecule has 2 heterocycles. The fourth-order valence-corrected chi connectivity index (χ4v) is 2.42. The van der Waals surface area contributed by atoms with Gasteiger partial charge in [0.05, 0.1) is 0 Å². The molecule has 100 valence electrons. The number of hydrogen-bond acceptors (Lipinski definition) is 6. The highest BCUT2D eigenvalue weighted by Crippen LogP contribution is 2.23. The number of aromatic nitrogens is 3. The van der Waals surface area contributed by atoms with Gasteiger partial charge in [0.1, 0.15) is 0 Å². The summed E-state index contributed by atoms with van der Waals surface area (Å²) in [5, 5.41) is 16.2. The first-order valence-electron chi connectivity index (χ1n) is 5.93. The van der Waals surface area contributed by atoms with Crippen molar-refractivity contribution >= 4 is 38.8 Å². The summed E-state index contributed by atoms with van der Waals surface area (Å²) in [4.78, 5) is 16.2. The van der Waals surface area contributed by atoms with Gasteiger partial charge in [0.25, 0.3) is 5.91 Å². The predicted octanol–water partition coefficient (Wildman–Crippen LogP) is 2.38. The van der Waals surface area contributed by atoms with Gasteiger partial charge in [0.2, 0.25) is 10.1 Å². The number of nitrogens with one attached hydrogen (secondary N) is 2. The van der Waals surface area contributed by atoms with Crippen molar-refractivity contribution in [2.45, 2.75) is 0 Å². The molecule has 1 aromatic carbocycles. The Balaban J connectivity index is 1.91. The smallest absolute Gasteiger partial charge is 0.286 e. The lowest BCUT2D eigenvalue weighted by Gasteiger charge is -2.06. The first kappa shape index (κ1) is 12.5. The fraction of sp³-hybridized carbons (Fsp3) is 0.0769. The van der Waals surface area contributed by atoms with Gasteiger partial charge in [0.15, 0.2) is 0 Å². The Kier molecular flexibility index (Phi) is 3.26. The first-order valence-corrected chi connectivity index (χ1v) is 6.75. The average Bonchev–Trinajstić information content (AvgIpc) is 2.97. The number of carbonyl (C=O) groups excluding carboxylic acids is 1. The Bertz CT molecular complexity index is 765. The summed E-state index contributed by atoms with van der Waals surface area (Å²) in [5.74, 6) is -0.270. The summed E-state index contributed by atoms with van der Waals surface area (Å²) in [7, 11) is 1.74. The zero-order chi connectivity index (χ0) is 13.9. The largest absolute Gasteiger partial charge is 0.363 e. The van der Waals surface area contributed by atoms with Crippen molar-refractivity contribution in [2.75, 3.05) is 17.7 Å². The molecule has 3 rings (SSSR count). The Morgan fingerprint density at radius 1 is 1.25 bits per heavy atom. The molecule has 2 aromatic heterocycles. The SMILES string of the molecule is CNc1nnc(C(=O)Nc2cccc3cnccc23)s1. The summed E-state index contributed by atoms with van der Waals surface area (Å²) in [5.41, 5.74) is 0.733. The number of nitrogens with zero attached hydrogens (tertiary/aromatic N) is 3. The quantitative estimate of drug-likeness (QED) is 0.772. The lowest BCUT2D eigenvalue weighted by Crippen LogP contribution is -2.11. The number of rotatable bonds is 3. The second kappa shape index (κ2) is 5.22. The van der Waals surface area contributed by atoms with Crippen LogP contribution in [-0.4, -0.2) is 28.1 Å². The molecule has 0 saturated carbocycles. The van der Waals surface area contributed by atoms with Crippen LogP contribution >= 0.6 is 11.3 Å². The molecule has 0 atom stereocenters. The molecule has 0 radical (unpaired) electrons.